The highest BCUT2D eigenvalue weighted by molar-refractivity contribution is 5.70. The first-order valence-electron chi connectivity index (χ1n) is 24.9. The van der Waals surface area contributed by atoms with Crippen molar-refractivity contribution in [3.8, 4) is 0 Å². The number of nitrogens with one attached hydrogen (secondary N) is 1. The van der Waals surface area contributed by atoms with Crippen LogP contribution in [-0.2, 0) is 33.3 Å². The zero-order valence-electron chi connectivity index (χ0n) is 40.0. The number of carbonyl (C=O) groups excluding carboxylic acids is 3. The lowest BCUT2D eigenvalue weighted by molar-refractivity contribution is -0.161. The minimum Gasteiger partial charge on any atom is -0.462 e. The summed E-state index contributed by atoms with van der Waals surface area (Å²) in [4.78, 5) is 37.9. The molecular weight excluding hydrogens is 743 g/mol. The first-order chi connectivity index (χ1) is 28.4. The third-order valence-electron chi connectivity index (χ3n) is 10.8. The van der Waals surface area contributed by atoms with Crippen LogP contribution in [0.5, 0.6) is 0 Å². The second-order valence-electron chi connectivity index (χ2n) is 18.7. The van der Waals surface area contributed by atoms with Gasteiger partial charge in [0.15, 0.2) is 6.10 Å². The molecule has 350 valence electrons. The lowest BCUT2D eigenvalue weighted by Gasteiger charge is -2.29. The van der Waals surface area contributed by atoms with Crippen LogP contribution < -0.4 is 5.32 Å². The molecule has 0 spiro atoms. The first kappa shape index (κ1) is 57.1. The highest BCUT2D eigenvalue weighted by Gasteiger charge is 2.23. The van der Waals surface area contributed by atoms with Gasteiger partial charge in [0.1, 0.15) is 13.2 Å². The molecule has 0 aromatic carbocycles. The van der Waals surface area contributed by atoms with Gasteiger partial charge in [0.25, 0.3) is 0 Å². The number of alkyl carbamates (subject to hydrolysis) is 1. The van der Waals surface area contributed by atoms with Crippen LogP contribution >= 0.6 is 0 Å². The van der Waals surface area contributed by atoms with Crippen LogP contribution in [0.2, 0.25) is 0 Å². The molecule has 0 aromatic heterocycles. The molecule has 0 rings (SSSR count). The molecule has 59 heavy (non-hydrogen) atoms. The van der Waals surface area contributed by atoms with Gasteiger partial charge in [0.2, 0.25) is 0 Å². The van der Waals surface area contributed by atoms with Gasteiger partial charge >= 0.3 is 18.0 Å². The molecule has 0 aromatic rings. The second-order valence-corrected chi connectivity index (χ2v) is 18.7. The van der Waals surface area contributed by atoms with Gasteiger partial charge in [0, 0.05) is 19.4 Å². The monoisotopic (exact) mass is 840 g/mol. The Kier molecular flexibility index (Phi) is 38.9. The van der Waals surface area contributed by atoms with Gasteiger partial charge in [-0.1, -0.05) is 194 Å². The summed E-state index contributed by atoms with van der Waals surface area (Å²) < 4.78 is 28.3. The summed E-state index contributed by atoms with van der Waals surface area (Å²) in [5, 5.41) is 2.68. The molecule has 0 fully saturated rings. The molecule has 0 heterocycles. The van der Waals surface area contributed by atoms with Crippen LogP contribution in [0.15, 0.2) is 0 Å². The molecule has 1 unspecified atom stereocenters. The zero-order chi connectivity index (χ0) is 43.7. The lowest BCUT2D eigenvalue weighted by atomic mass is 10.0. The number of carbonyl (C=O) groups is 3. The average molecular weight is 840 g/mol. The van der Waals surface area contributed by atoms with Crippen molar-refractivity contribution in [2.45, 2.75) is 271 Å². The number of amides is 1. The SMILES string of the molecule is CCCCCCCCCCCCCCCCCC(=O)OCC(COC(=O)NCCOC(C)(C)COC(C)(C)C)OC(=O)CCCCCCCCCCCCCCCCC. The molecule has 0 bridgehead atoms. The van der Waals surface area contributed by atoms with Crippen molar-refractivity contribution in [1.29, 1.82) is 0 Å². The number of unbranched alkanes of at least 4 members (excludes halogenated alkanes) is 28. The first-order valence-corrected chi connectivity index (χ1v) is 24.9. The molecule has 0 saturated heterocycles. The largest absolute Gasteiger partial charge is 0.462 e. The van der Waals surface area contributed by atoms with Crippen molar-refractivity contribution in [1.82, 2.24) is 5.32 Å². The fourth-order valence-corrected chi connectivity index (χ4v) is 7.03. The predicted octanol–water partition coefficient (Wildman–Crippen LogP) is 14.3. The summed E-state index contributed by atoms with van der Waals surface area (Å²) in [6.07, 6.45) is 37.0. The van der Waals surface area contributed by atoms with Crippen LogP contribution in [0, 0.1) is 0 Å². The third kappa shape index (κ3) is 44.0. The van der Waals surface area contributed by atoms with Crippen molar-refractivity contribution in [3.63, 3.8) is 0 Å². The number of ether oxygens (including phenoxy) is 5. The van der Waals surface area contributed by atoms with Crippen LogP contribution in [0.4, 0.5) is 4.79 Å². The molecule has 0 aliphatic carbocycles. The minimum absolute atomic E-state index is 0.138. The Balaban J connectivity index is 4.43. The Bertz CT molecular complexity index is 965. The van der Waals surface area contributed by atoms with Crippen molar-refractivity contribution in [2.75, 3.05) is 33.0 Å². The summed E-state index contributed by atoms with van der Waals surface area (Å²) in [5.41, 5.74) is -0.782. The molecule has 0 radical (unpaired) electrons. The molecule has 0 saturated carbocycles. The van der Waals surface area contributed by atoms with Gasteiger partial charge in [-0.25, -0.2) is 4.79 Å². The normalized spacial score (nSPS) is 12.4. The molecule has 1 amide bonds. The fourth-order valence-electron chi connectivity index (χ4n) is 7.03. The van der Waals surface area contributed by atoms with Crippen LogP contribution in [0.25, 0.3) is 0 Å². The Labute approximate surface area is 364 Å². The van der Waals surface area contributed by atoms with Crippen LogP contribution in [0.1, 0.15) is 254 Å². The van der Waals surface area contributed by atoms with Gasteiger partial charge in [-0.05, 0) is 47.5 Å². The van der Waals surface area contributed by atoms with E-state index in [-0.39, 0.29) is 43.9 Å². The minimum atomic E-state index is -0.862. The van der Waals surface area contributed by atoms with Crippen molar-refractivity contribution < 1.29 is 38.1 Å². The van der Waals surface area contributed by atoms with E-state index in [0.29, 0.717) is 19.4 Å². The summed E-state index contributed by atoms with van der Waals surface area (Å²) >= 11 is 0. The van der Waals surface area contributed by atoms with E-state index in [9.17, 15) is 14.4 Å². The number of hydrogen-bond donors (Lipinski definition) is 1. The van der Waals surface area contributed by atoms with Crippen molar-refractivity contribution >= 4 is 18.0 Å². The van der Waals surface area contributed by atoms with Gasteiger partial charge in [-0.2, -0.15) is 0 Å². The average Bonchev–Trinajstić information content (AvgIpc) is 3.19. The molecule has 1 atom stereocenters. The zero-order valence-corrected chi connectivity index (χ0v) is 40.0. The molecule has 9 nitrogen and oxygen atoms in total. The fraction of sp³-hybridized carbons (Fsp3) is 0.940. The molecular formula is C50H97NO8. The van der Waals surface area contributed by atoms with E-state index in [1.54, 1.807) is 0 Å². The second kappa shape index (κ2) is 40.2. The smallest absolute Gasteiger partial charge is 0.407 e. The van der Waals surface area contributed by atoms with E-state index in [0.717, 1.165) is 38.5 Å². The molecule has 9 heteroatoms. The van der Waals surface area contributed by atoms with Gasteiger partial charge in [-0.3, -0.25) is 9.59 Å². The van der Waals surface area contributed by atoms with E-state index in [1.807, 2.05) is 34.6 Å². The standard InChI is InChI=1S/C50H97NO8/c1-8-10-12-14-16-18-20-22-24-26-28-30-32-34-36-38-46(52)55-42-45(43-56-48(54)51-40-41-57-50(6,7)44-58-49(3,4)5)59-47(53)39-37-35-33-31-29-27-25-23-21-19-17-15-13-11-9-2/h45H,8-44H2,1-7H3,(H,51,54). The van der Waals surface area contributed by atoms with E-state index < -0.39 is 17.8 Å². The predicted molar refractivity (Wildman–Crippen MR) is 245 cm³/mol. The maximum absolute atomic E-state index is 12.8. The molecule has 0 aliphatic heterocycles. The van der Waals surface area contributed by atoms with Crippen molar-refractivity contribution in [2.24, 2.45) is 0 Å². The Morgan fingerprint density at radius 2 is 0.814 bits per heavy atom. The van der Waals surface area contributed by atoms with Gasteiger partial charge in [-0.15, -0.1) is 0 Å². The number of hydrogen-bond acceptors (Lipinski definition) is 8. The molecule has 1 N–H and O–H groups in total. The summed E-state index contributed by atoms with van der Waals surface area (Å²) in [5.74, 6) is -0.678. The topological polar surface area (TPSA) is 109 Å². The van der Waals surface area contributed by atoms with E-state index >= 15 is 0 Å². The maximum Gasteiger partial charge on any atom is 0.407 e. The lowest BCUT2D eigenvalue weighted by Crippen LogP contribution is -2.38. The van der Waals surface area contributed by atoms with Crippen LogP contribution in [0.3, 0.4) is 0 Å². The highest BCUT2D eigenvalue weighted by Crippen LogP contribution is 2.17. The van der Waals surface area contributed by atoms with Gasteiger partial charge < -0.3 is 29.0 Å². The van der Waals surface area contributed by atoms with E-state index in [2.05, 4.69) is 19.2 Å². The summed E-state index contributed by atoms with van der Waals surface area (Å²) in [6, 6.07) is 0. The Morgan fingerprint density at radius 3 is 1.20 bits per heavy atom. The maximum atomic E-state index is 12.8. The summed E-state index contributed by atoms with van der Waals surface area (Å²) in [6.45, 7) is 15.0. The van der Waals surface area contributed by atoms with Gasteiger partial charge in [0.05, 0.1) is 24.4 Å². The number of esters is 2. The Hall–Kier alpha value is -1.87. The van der Waals surface area contributed by atoms with Crippen LogP contribution in [-0.4, -0.2) is 68.3 Å². The third-order valence-corrected chi connectivity index (χ3v) is 10.8. The van der Waals surface area contributed by atoms with E-state index in [1.165, 1.54) is 154 Å². The van der Waals surface area contributed by atoms with E-state index in [4.69, 9.17) is 23.7 Å². The molecule has 0 aliphatic rings. The highest BCUT2D eigenvalue weighted by atomic mass is 16.6. The quantitative estimate of drug-likeness (QED) is 0.0367. The number of rotatable bonds is 43. The van der Waals surface area contributed by atoms with Crippen molar-refractivity contribution in [3.05, 3.63) is 0 Å². The Morgan fingerprint density at radius 1 is 0.458 bits per heavy atom. The summed E-state index contributed by atoms with van der Waals surface area (Å²) in [7, 11) is 0.